The molecule has 3 N–H and O–H groups in total. The first-order chi connectivity index (χ1) is 13.5. The van der Waals surface area contributed by atoms with E-state index >= 15 is 0 Å². The molecule has 0 aliphatic carbocycles. The van der Waals surface area contributed by atoms with Crippen molar-refractivity contribution in [1.82, 2.24) is 20.4 Å². The molecule has 28 heavy (non-hydrogen) atoms. The number of aromatic nitrogens is 3. The van der Waals surface area contributed by atoms with E-state index in [4.69, 9.17) is 23.2 Å². The van der Waals surface area contributed by atoms with Crippen molar-refractivity contribution in [3.8, 4) is 0 Å². The van der Waals surface area contributed by atoms with Gasteiger partial charge >= 0.3 is 5.69 Å². The fourth-order valence-corrected chi connectivity index (χ4v) is 2.59. The summed E-state index contributed by atoms with van der Waals surface area (Å²) in [7, 11) is 0. The van der Waals surface area contributed by atoms with Crippen molar-refractivity contribution in [2.75, 3.05) is 10.7 Å². The Morgan fingerprint density at radius 1 is 1.07 bits per heavy atom. The largest absolute Gasteiger partial charge is 0.355 e. The Morgan fingerprint density at radius 3 is 2.54 bits per heavy atom. The van der Waals surface area contributed by atoms with Crippen LogP contribution in [0.25, 0.3) is 0 Å². The molecular formula is C16H11Cl2N7O3. The molecule has 3 aromatic rings. The predicted octanol–water partition coefficient (Wildman–Crippen LogP) is 3.59. The maximum Gasteiger partial charge on any atom is 0.355 e. The van der Waals surface area contributed by atoms with Crippen LogP contribution in [0, 0.1) is 10.1 Å². The van der Waals surface area contributed by atoms with Gasteiger partial charge in [-0.05, 0) is 30.3 Å². The van der Waals surface area contributed by atoms with E-state index in [0.29, 0.717) is 10.7 Å². The lowest BCUT2D eigenvalue weighted by Crippen LogP contribution is -2.31. The molecule has 0 aliphatic rings. The molecule has 2 aromatic heterocycles. The number of rotatable bonds is 6. The molecule has 2 heterocycles. The van der Waals surface area contributed by atoms with E-state index in [9.17, 15) is 14.9 Å². The SMILES string of the molecule is O=C(NNc1ncnc(Nc2ccc(Cl)cc2Cl)c1[N+](=O)[O-])c1ccccn1. The number of hydrogen-bond acceptors (Lipinski definition) is 8. The number of carbonyl (C=O) groups excluding carboxylic acids is 1. The molecule has 0 bridgehead atoms. The number of nitro groups is 1. The van der Waals surface area contributed by atoms with Crippen LogP contribution in [0.15, 0.2) is 48.9 Å². The van der Waals surface area contributed by atoms with Crippen molar-refractivity contribution in [2.45, 2.75) is 0 Å². The smallest absolute Gasteiger partial charge is 0.333 e. The number of benzene rings is 1. The van der Waals surface area contributed by atoms with Gasteiger partial charge in [-0.15, -0.1) is 0 Å². The van der Waals surface area contributed by atoms with Gasteiger partial charge in [0, 0.05) is 11.2 Å². The molecule has 0 saturated heterocycles. The van der Waals surface area contributed by atoms with Crippen LogP contribution in [0.1, 0.15) is 10.5 Å². The van der Waals surface area contributed by atoms with Crippen LogP contribution in [0.2, 0.25) is 10.0 Å². The fourth-order valence-electron chi connectivity index (χ4n) is 2.13. The molecule has 1 aromatic carbocycles. The summed E-state index contributed by atoms with van der Waals surface area (Å²) in [6.45, 7) is 0. The highest BCUT2D eigenvalue weighted by molar-refractivity contribution is 6.36. The third kappa shape index (κ3) is 4.42. The first kappa shape index (κ1) is 19.3. The van der Waals surface area contributed by atoms with Gasteiger partial charge in [0.25, 0.3) is 5.91 Å². The highest BCUT2D eigenvalue weighted by Crippen LogP contribution is 2.34. The van der Waals surface area contributed by atoms with Gasteiger partial charge in [0.2, 0.25) is 11.6 Å². The maximum atomic E-state index is 12.1. The van der Waals surface area contributed by atoms with Crippen LogP contribution in [0.3, 0.4) is 0 Å². The maximum absolute atomic E-state index is 12.1. The summed E-state index contributed by atoms with van der Waals surface area (Å²) in [4.78, 5) is 34.5. The minimum atomic E-state index is -0.693. The van der Waals surface area contributed by atoms with Gasteiger partial charge in [-0.25, -0.2) is 9.97 Å². The highest BCUT2D eigenvalue weighted by Gasteiger charge is 2.24. The molecule has 142 valence electrons. The summed E-state index contributed by atoms with van der Waals surface area (Å²) in [5, 5.41) is 15.0. The number of pyridine rings is 1. The van der Waals surface area contributed by atoms with Gasteiger partial charge in [0.1, 0.15) is 12.0 Å². The average Bonchev–Trinajstić information content (AvgIpc) is 2.68. The number of nitrogens with one attached hydrogen (secondary N) is 3. The summed E-state index contributed by atoms with van der Waals surface area (Å²) >= 11 is 11.9. The Hall–Kier alpha value is -3.50. The predicted molar refractivity (Wildman–Crippen MR) is 104 cm³/mol. The molecule has 0 saturated carbocycles. The number of carbonyl (C=O) groups is 1. The van der Waals surface area contributed by atoms with Crippen LogP contribution >= 0.6 is 23.2 Å². The van der Waals surface area contributed by atoms with E-state index in [2.05, 4.69) is 31.1 Å². The number of halogens is 2. The number of nitrogens with zero attached hydrogens (tertiary/aromatic N) is 4. The standard InChI is InChI=1S/C16H11Cl2N7O3/c17-9-4-5-11(10(18)7-9)22-14-13(25(27)28)15(21-8-20-14)23-24-16(26)12-3-1-2-6-19-12/h1-8H,(H,24,26)(H2,20,21,22,23). The first-order valence-corrected chi connectivity index (χ1v) is 8.40. The molecule has 0 aliphatic heterocycles. The van der Waals surface area contributed by atoms with Crippen LogP contribution in [0.4, 0.5) is 23.0 Å². The number of anilines is 3. The van der Waals surface area contributed by atoms with E-state index in [-0.39, 0.29) is 22.4 Å². The van der Waals surface area contributed by atoms with Crippen LogP contribution in [0.5, 0.6) is 0 Å². The molecule has 0 fully saturated rings. The average molecular weight is 420 g/mol. The molecule has 3 rings (SSSR count). The van der Waals surface area contributed by atoms with E-state index in [1.807, 2.05) is 0 Å². The van der Waals surface area contributed by atoms with Crippen molar-refractivity contribution in [2.24, 2.45) is 0 Å². The van der Waals surface area contributed by atoms with Crippen molar-refractivity contribution in [1.29, 1.82) is 0 Å². The topological polar surface area (TPSA) is 135 Å². The quantitative estimate of drug-likeness (QED) is 0.407. The lowest BCUT2D eigenvalue weighted by atomic mass is 10.3. The molecule has 10 nitrogen and oxygen atoms in total. The van der Waals surface area contributed by atoms with Gasteiger partial charge in [-0.1, -0.05) is 29.3 Å². The summed E-state index contributed by atoms with van der Waals surface area (Å²) in [6, 6.07) is 9.36. The van der Waals surface area contributed by atoms with Crippen molar-refractivity contribution in [3.63, 3.8) is 0 Å². The lowest BCUT2D eigenvalue weighted by molar-refractivity contribution is -0.383. The van der Waals surface area contributed by atoms with Gasteiger partial charge < -0.3 is 5.32 Å². The van der Waals surface area contributed by atoms with E-state index < -0.39 is 16.5 Å². The van der Waals surface area contributed by atoms with Gasteiger partial charge in [0.15, 0.2) is 0 Å². The second-order valence-corrected chi connectivity index (χ2v) is 6.06. The Labute approximate surface area is 168 Å². The second kappa shape index (κ2) is 8.46. The Bertz CT molecular complexity index is 1030. The highest BCUT2D eigenvalue weighted by atomic mass is 35.5. The van der Waals surface area contributed by atoms with E-state index in [1.54, 1.807) is 24.3 Å². The molecule has 1 amide bonds. The monoisotopic (exact) mass is 419 g/mol. The molecule has 0 atom stereocenters. The summed E-state index contributed by atoms with van der Waals surface area (Å²) < 4.78 is 0. The van der Waals surface area contributed by atoms with Crippen LogP contribution < -0.4 is 16.2 Å². The molecular weight excluding hydrogens is 409 g/mol. The Balaban J connectivity index is 1.85. The fraction of sp³-hybridized carbons (Fsp3) is 0. The van der Waals surface area contributed by atoms with Crippen molar-refractivity contribution in [3.05, 3.63) is 74.8 Å². The minimum absolute atomic E-state index is 0.123. The Morgan fingerprint density at radius 2 is 1.86 bits per heavy atom. The molecule has 12 heteroatoms. The third-order valence-corrected chi connectivity index (χ3v) is 3.93. The van der Waals surface area contributed by atoms with Crippen molar-refractivity contribution >= 4 is 52.1 Å². The van der Waals surface area contributed by atoms with E-state index in [1.165, 1.54) is 18.3 Å². The third-order valence-electron chi connectivity index (χ3n) is 3.38. The zero-order valence-corrected chi connectivity index (χ0v) is 15.4. The number of hydrazine groups is 1. The van der Waals surface area contributed by atoms with Gasteiger partial charge in [0.05, 0.1) is 15.6 Å². The Kier molecular flexibility index (Phi) is 5.82. The van der Waals surface area contributed by atoms with Gasteiger partial charge in [-0.2, -0.15) is 0 Å². The lowest BCUT2D eigenvalue weighted by Gasteiger charge is -2.11. The minimum Gasteiger partial charge on any atom is -0.333 e. The van der Waals surface area contributed by atoms with Gasteiger partial charge in [-0.3, -0.25) is 30.7 Å². The molecule has 0 unspecified atom stereocenters. The second-order valence-electron chi connectivity index (χ2n) is 5.22. The first-order valence-electron chi connectivity index (χ1n) is 7.64. The molecule has 0 radical (unpaired) electrons. The summed E-state index contributed by atoms with van der Waals surface area (Å²) in [5.41, 5.74) is 4.71. The molecule has 0 spiro atoms. The van der Waals surface area contributed by atoms with Crippen LogP contribution in [-0.4, -0.2) is 25.8 Å². The van der Waals surface area contributed by atoms with E-state index in [0.717, 1.165) is 6.33 Å². The number of amides is 1. The normalized spacial score (nSPS) is 10.2. The zero-order chi connectivity index (χ0) is 20.1. The van der Waals surface area contributed by atoms with Crippen molar-refractivity contribution < 1.29 is 9.72 Å². The summed E-state index contributed by atoms with van der Waals surface area (Å²) in [5.74, 6) is -0.945. The summed E-state index contributed by atoms with van der Waals surface area (Å²) in [6.07, 6.45) is 2.54. The number of hydrogen-bond donors (Lipinski definition) is 3. The zero-order valence-electron chi connectivity index (χ0n) is 13.9. The van der Waals surface area contributed by atoms with Crippen LogP contribution in [-0.2, 0) is 0 Å².